The second kappa shape index (κ2) is 7.96. The zero-order valence-corrected chi connectivity index (χ0v) is 18.7. The van der Waals surface area contributed by atoms with Gasteiger partial charge >= 0.3 is 0 Å². The van der Waals surface area contributed by atoms with Crippen LogP contribution in [0.1, 0.15) is 53.5 Å². The van der Waals surface area contributed by atoms with Gasteiger partial charge in [-0.1, -0.05) is 6.07 Å². The van der Waals surface area contributed by atoms with Crippen LogP contribution >= 0.6 is 0 Å². The third-order valence-electron chi connectivity index (χ3n) is 7.32. The second-order valence-corrected chi connectivity index (χ2v) is 9.57. The molecule has 0 N–H and O–H groups in total. The first-order valence-corrected chi connectivity index (χ1v) is 12.0. The zero-order valence-electron chi connectivity index (χ0n) is 18.7. The predicted molar refractivity (Wildman–Crippen MR) is 123 cm³/mol. The third kappa shape index (κ3) is 3.58. The van der Waals surface area contributed by atoms with Crippen LogP contribution in [0.15, 0.2) is 41.1 Å². The first-order valence-electron chi connectivity index (χ1n) is 12.0. The van der Waals surface area contributed by atoms with Crippen LogP contribution in [0.4, 0.5) is 5.82 Å². The van der Waals surface area contributed by atoms with E-state index < -0.39 is 0 Å². The lowest BCUT2D eigenvalue weighted by Gasteiger charge is -2.40. The van der Waals surface area contributed by atoms with Gasteiger partial charge in [-0.25, -0.2) is 4.98 Å². The number of nitrogens with zero attached hydrogens (tertiary/aromatic N) is 5. The summed E-state index contributed by atoms with van der Waals surface area (Å²) in [5.74, 6) is 2.78. The van der Waals surface area contributed by atoms with Crippen LogP contribution in [0.3, 0.4) is 0 Å². The highest BCUT2D eigenvalue weighted by Gasteiger charge is 2.36. The van der Waals surface area contributed by atoms with Crippen LogP contribution in [0.25, 0.3) is 5.65 Å². The van der Waals surface area contributed by atoms with Crippen LogP contribution in [0.5, 0.6) is 0 Å². The fraction of sp³-hybridized carbons (Fsp3) is 0.520. The van der Waals surface area contributed by atoms with Crippen molar-refractivity contribution in [1.82, 2.24) is 19.2 Å². The highest BCUT2D eigenvalue weighted by molar-refractivity contribution is 5.95. The maximum atomic E-state index is 13.2. The number of aromatic nitrogens is 2. The van der Waals surface area contributed by atoms with Gasteiger partial charge in [-0.15, -0.1) is 0 Å². The van der Waals surface area contributed by atoms with E-state index in [1.54, 1.807) is 12.3 Å². The highest BCUT2D eigenvalue weighted by Crippen LogP contribution is 2.35. The molecule has 2 saturated heterocycles. The van der Waals surface area contributed by atoms with Gasteiger partial charge in [0.25, 0.3) is 5.91 Å². The number of rotatable bonds is 5. The number of carbonyl (C=O) groups is 1. The van der Waals surface area contributed by atoms with E-state index in [2.05, 4.69) is 38.6 Å². The maximum Gasteiger partial charge on any atom is 0.257 e. The lowest BCUT2D eigenvalue weighted by atomic mass is 10.1. The number of aryl methyl sites for hydroxylation is 1. The van der Waals surface area contributed by atoms with Gasteiger partial charge in [-0.2, -0.15) is 0 Å². The minimum Gasteiger partial charge on any atom is -0.469 e. The molecule has 3 aromatic rings. The van der Waals surface area contributed by atoms with Gasteiger partial charge < -0.3 is 14.2 Å². The Morgan fingerprint density at radius 3 is 2.72 bits per heavy atom. The van der Waals surface area contributed by atoms with Crippen molar-refractivity contribution < 1.29 is 9.21 Å². The average Bonchev–Trinajstić information content (AvgIpc) is 3.21. The standard InChI is InChI=1S/C25H31N5O2/c1-18-20(9-14-32-18)25(31)29-13-12-28(15-19-7-8-19)22(17-29)21-16-30-23(26-21)5-4-6-24(30)27-10-2-3-11-27/h4-6,9,14,16,19,22H,2-3,7-8,10-13,15,17H2,1H3. The molecule has 7 nitrogen and oxygen atoms in total. The Morgan fingerprint density at radius 2 is 1.97 bits per heavy atom. The minimum absolute atomic E-state index is 0.0637. The molecule has 32 heavy (non-hydrogen) atoms. The minimum atomic E-state index is 0.0637. The molecule has 2 aliphatic heterocycles. The molecule has 168 valence electrons. The number of hydrogen-bond donors (Lipinski definition) is 0. The van der Waals surface area contributed by atoms with Crippen LogP contribution in [-0.4, -0.2) is 64.4 Å². The summed E-state index contributed by atoms with van der Waals surface area (Å²) >= 11 is 0. The monoisotopic (exact) mass is 433 g/mol. The summed E-state index contributed by atoms with van der Waals surface area (Å²) in [5.41, 5.74) is 2.73. The number of piperazine rings is 1. The van der Waals surface area contributed by atoms with Crippen molar-refractivity contribution in [1.29, 1.82) is 0 Å². The van der Waals surface area contributed by atoms with Crippen LogP contribution in [-0.2, 0) is 0 Å². The van der Waals surface area contributed by atoms with Crippen molar-refractivity contribution in [3.05, 3.63) is 53.7 Å². The molecular formula is C25H31N5O2. The number of furan rings is 1. The lowest BCUT2D eigenvalue weighted by Crippen LogP contribution is -2.51. The molecular weight excluding hydrogens is 402 g/mol. The van der Waals surface area contributed by atoms with Gasteiger partial charge in [-0.05, 0) is 56.7 Å². The molecule has 0 aromatic carbocycles. The van der Waals surface area contributed by atoms with Crippen molar-refractivity contribution in [3.8, 4) is 0 Å². The molecule has 6 rings (SSSR count). The summed E-state index contributed by atoms with van der Waals surface area (Å²) in [6.07, 6.45) is 8.96. The number of amides is 1. The number of pyridine rings is 1. The van der Waals surface area contributed by atoms with Gasteiger partial charge in [0.15, 0.2) is 0 Å². The Morgan fingerprint density at radius 1 is 1.12 bits per heavy atom. The molecule has 1 unspecified atom stereocenters. The summed E-state index contributed by atoms with van der Waals surface area (Å²) < 4.78 is 7.64. The second-order valence-electron chi connectivity index (χ2n) is 9.57. The quantitative estimate of drug-likeness (QED) is 0.614. The topological polar surface area (TPSA) is 57.2 Å². The molecule has 1 atom stereocenters. The molecule has 0 bridgehead atoms. The molecule has 0 radical (unpaired) electrons. The smallest absolute Gasteiger partial charge is 0.257 e. The molecule has 1 amide bonds. The molecule has 5 heterocycles. The Labute approximate surface area is 188 Å². The van der Waals surface area contributed by atoms with Crippen LogP contribution < -0.4 is 4.90 Å². The number of carbonyl (C=O) groups excluding carboxylic acids is 1. The number of imidazole rings is 1. The summed E-state index contributed by atoms with van der Waals surface area (Å²) in [6.45, 7) is 7.47. The molecule has 3 aliphatic rings. The first-order chi connectivity index (χ1) is 15.7. The molecule has 3 fully saturated rings. The predicted octanol–water partition coefficient (Wildman–Crippen LogP) is 3.75. The summed E-state index contributed by atoms with van der Waals surface area (Å²) in [4.78, 5) is 25.3. The zero-order chi connectivity index (χ0) is 21.7. The Bertz CT molecular complexity index is 1120. The molecule has 1 saturated carbocycles. The van der Waals surface area contributed by atoms with E-state index in [1.165, 1.54) is 31.5 Å². The van der Waals surface area contributed by atoms with E-state index in [9.17, 15) is 4.79 Å². The normalized spacial score (nSPS) is 22.2. The van der Waals surface area contributed by atoms with Crippen LogP contribution in [0.2, 0.25) is 0 Å². The van der Waals surface area contributed by atoms with Crippen molar-refractivity contribution in [2.75, 3.05) is 44.2 Å². The average molecular weight is 434 g/mol. The van der Waals surface area contributed by atoms with Crippen LogP contribution in [0, 0.1) is 12.8 Å². The van der Waals surface area contributed by atoms with Gasteiger partial charge in [-0.3, -0.25) is 14.1 Å². The number of hydrogen-bond acceptors (Lipinski definition) is 5. The molecule has 0 spiro atoms. The Kier molecular flexibility index (Phi) is 4.94. The third-order valence-corrected chi connectivity index (χ3v) is 7.32. The summed E-state index contributed by atoms with van der Waals surface area (Å²) in [7, 11) is 0. The lowest BCUT2D eigenvalue weighted by molar-refractivity contribution is 0.0457. The van der Waals surface area contributed by atoms with Gasteiger partial charge in [0.2, 0.25) is 0 Å². The van der Waals surface area contributed by atoms with E-state index in [4.69, 9.17) is 9.40 Å². The van der Waals surface area contributed by atoms with Gasteiger partial charge in [0, 0.05) is 45.5 Å². The van der Waals surface area contributed by atoms with E-state index in [1.807, 2.05) is 11.8 Å². The fourth-order valence-electron chi connectivity index (χ4n) is 5.29. The molecule has 7 heteroatoms. The van der Waals surface area contributed by atoms with Gasteiger partial charge in [0.05, 0.1) is 23.6 Å². The Balaban J connectivity index is 1.32. The maximum absolute atomic E-state index is 13.2. The van der Waals surface area contributed by atoms with E-state index in [-0.39, 0.29) is 11.9 Å². The number of anilines is 1. The molecule has 1 aliphatic carbocycles. The van der Waals surface area contributed by atoms with E-state index in [0.29, 0.717) is 17.9 Å². The van der Waals surface area contributed by atoms with Crippen molar-refractivity contribution in [3.63, 3.8) is 0 Å². The first kappa shape index (κ1) is 19.9. The SMILES string of the molecule is Cc1occc1C(=O)N1CCN(CC2CC2)C(c2cn3c(N4CCCC4)cccc3n2)C1. The fourth-order valence-corrected chi connectivity index (χ4v) is 5.29. The van der Waals surface area contributed by atoms with Crippen molar-refractivity contribution in [2.24, 2.45) is 5.92 Å². The van der Waals surface area contributed by atoms with Crippen molar-refractivity contribution in [2.45, 2.75) is 38.6 Å². The van der Waals surface area contributed by atoms with E-state index in [0.717, 1.165) is 50.0 Å². The number of fused-ring (bicyclic) bond motifs is 1. The summed E-state index contributed by atoms with van der Waals surface area (Å²) in [5, 5.41) is 0. The summed E-state index contributed by atoms with van der Waals surface area (Å²) in [6, 6.07) is 8.31. The largest absolute Gasteiger partial charge is 0.469 e. The van der Waals surface area contributed by atoms with Gasteiger partial charge in [0.1, 0.15) is 17.2 Å². The highest BCUT2D eigenvalue weighted by atomic mass is 16.3. The van der Waals surface area contributed by atoms with E-state index >= 15 is 0 Å². The van der Waals surface area contributed by atoms with Crippen molar-refractivity contribution >= 4 is 17.4 Å². The Hall–Kier alpha value is -2.80. The molecule has 3 aromatic heterocycles.